The van der Waals surface area contributed by atoms with Crippen molar-refractivity contribution in [2.45, 2.75) is 0 Å². The van der Waals surface area contributed by atoms with Gasteiger partial charge in [-0.2, -0.15) is 0 Å². The highest BCUT2D eigenvalue weighted by Crippen LogP contribution is 2.24. The minimum atomic E-state index is -0.243. The number of aromatic nitrogens is 4. The van der Waals surface area contributed by atoms with Crippen LogP contribution in [0.2, 0.25) is 0 Å². The summed E-state index contributed by atoms with van der Waals surface area (Å²) < 4.78 is 0. The molecule has 2 aromatic heterocycles. The highest BCUT2D eigenvalue weighted by Gasteiger charge is 2.12. The number of hydrogen-bond donors (Lipinski definition) is 4. The summed E-state index contributed by atoms with van der Waals surface area (Å²) in [4.78, 5) is 41.9. The first-order chi connectivity index (χ1) is 20.6. The van der Waals surface area contributed by atoms with E-state index in [9.17, 15) is 9.59 Å². The van der Waals surface area contributed by atoms with E-state index in [2.05, 4.69) is 30.6 Å². The van der Waals surface area contributed by atoms with Crippen molar-refractivity contribution in [2.24, 2.45) is 0 Å². The molecule has 0 radical (unpaired) electrons. The zero-order valence-corrected chi connectivity index (χ0v) is 22.3. The number of rotatable bonds is 6. The van der Waals surface area contributed by atoms with Gasteiger partial charge >= 0.3 is 0 Å². The Hall–Kier alpha value is -6.02. The maximum atomic E-state index is 13.0. The van der Waals surface area contributed by atoms with E-state index in [1.807, 2.05) is 72.8 Å². The van der Waals surface area contributed by atoms with E-state index < -0.39 is 0 Å². The lowest BCUT2D eigenvalue weighted by Crippen LogP contribution is -2.13. The third-order valence-corrected chi connectivity index (χ3v) is 6.98. The summed E-state index contributed by atoms with van der Waals surface area (Å²) in [5.41, 5.74) is 7.49. The normalized spacial score (nSPS) is 11.0. The first-order valence-electron chi connectivity index (χ1n) is 13.4. The molecule has 0 saturated heterocycles. The molecule has 0 bridgehead atoms. The molecular formula is C34H24N6O2. The number of nitrogens with one attached hydrogen (secondary N) is 4. The van der Waals surface area contributed by atoms with Gasteiger partial charge < -0.3 is 20.6 Å². The van der Waals surface area contributed by atoms with Gasteiger partial charge in [0.05, 0.1) is 22.1 Å². The van der Waals surface area contributed by atoms with Crippen LogP contribution >= 0.6 is 0 Å². The summed E-state index contributed by atoms with van der Waals surface area (Å²) in [6.07, 6.45) is 0. The number of amides is 2. The van der Waals surface area contributed by atoms with Crippen molar-refractivity contribution >= 4 is 45.3 Å². The van der Waals surface area contributed by atoms with Crippen molar-refractivity contribution in [1.82, 2.24) is 19.9 Å². The first kappa shape index (κ1) is 25.0. The number of carbonyl (C=O) groups is 2. The second-order valence-corrected chi connectivity index (χ2v) is 9.85. The Labute approximate surface area is 240 Å². The van der Waals surface area contributed by atoms with Crippen LogP contribution in [0.25, 0.3) is 44.8 Å². The molecule has 8 heteroatoms. The monoisotopic (exact) mass is 548 g/mol. The molecule has 5 aromatic carbocycles. The van der Waals surface area contributed by atoms with Gasteiger partial charge in [0.15, 0.2) is 0 Å². The number of fused-ring (bicyclic) bond motifs is 2. The number of aromatic amines is 2. The average molecular weight is 549 g/mol. The van der Waals surface area contributed by atoms with E-state index in [4.69, 9.17) is 0 Å². The number of hydrogen-bond acceptors (Lipinski definition) is 4. The number of anilines is 2. The molecule has 4 N–H and O–H groups in total. The molecule has 2 heterocycles. The maximum absolute atomic E-state index is 13.0. The van der Waals surface area contributed by atoms with Crippen molar-refractivity contribution < 1.29 is 9.59 Å². The van der Waals surface area contributed by atoms with Crippen LogP contribution in [0.15, 0.2) is 121 Å². The fraction of sp³-hybridized carbons (Fsp3) is 0. The maximum Gasteiger partial charge on any atom is 0.255 e. The predicted octanol–water partition coefficient (Wildman–Crippen LogP) is 7.28. The fourth-order valence-corrected chi connectivity index (χ4v) is 4.84. The predicted molar refractivity (Wildman–Crippen MR) is 165 cm³/mol. The lowest BCUT2D eigenvalue weighted by atomic mass is 10.1. The summed E-state index contributed by atoms with van der Waals surface area (Å²) in [5.74, 6) is 0.919. The van der Waals surface area contributed by atoms with E-state index in [-0.39, 0.29) is 11.8 Å². The zero-order chi connectivity index (χ0) is 28.5. The minimum Gasteiger partial charge on any atom is -0.338 e. The van der Waals surface area contributed by atoms with Gasteiger partial charge in [0, 0.05) is 33.6 Å². The fourth-order valence-electron chi connectivity index (χ4n) is 4.84. The molecule has 0 saturated carbocycles. The average Bonchev–Trinajstić information content (AvgIpc) is 3.67. The Morgan fingerprint density at radius 2 is 0.929 bits per heavy atom. The Bertz CT molecular complexity index is 1870. The molecule has 42 heavy (non-hydrogen) atoms. The lowest BCUT2D eigenvalue weighted by Gasteiger charge is -2.09. The topological polar surface area (TPSA) is 116 Å². The molecule has 0 atom stereocenters. The number of benzene rings is 5. The number of para-hydroxylation sites is 4. The second kappa shape index (κ2) is 10.5. The van der Waals surface area contributed by atoms with Gasteiger partial charge in [-0.15, -0.1) is 0 Å². The van der Waals surface area contributed by atoms with E-state index >= 15 is 0 Å². The van der Waals surface area contributed by atoms with Crippen molar-refractivity contribution in [3.05, 3.63) is 132 Å². The summed E-state index contributed by atoms with van der Waals surface area (Å²) in [6.45, 7) is 0. The quantitative estimate of drug-likeness (QED) is 0.175. The van der Waals surface area contributed by atoms with Crippen LogP contribution in [0, 0.1) is 0 Å². The van der Waals surface area contributed by atoms with Crippen LogP contribution < -0.4 is 10.6 Å². The lowest BCUT2D eigenvalue weighted by molar-refractivity contribution is 0.101. The third kappa shape index (κ3) is 5.00. The molecule has 7 aromatic rings. The van der Waals surface area contributed by atoms with E-state index in [1.54, 1.807) is 48.5 Å². The summed E-state index contributed by atoms with van der Waals surface area (Å²) >= 11 is 0. The third-order valence-electron chi connectivity index (χ3n) is 6.98. The summed E-state index contributed by atoms with van der Waals surface area (Å²) in [6, 6.07) is 37.2. The smallest absolute Gasteiger partial charge is 0.255 e. The van der Waals surface area contributed by atoms with Crippen LogP contribution in [-0.4, -0.2) is 31.8 Å². The molecule has 0 aliphatic rings. The molecular weight excluding hydrogens is 524 g/mol. The van der Waals surface area contributed by atoms with Crippen LogP contribution in [0.1, 0.15) is 20.7 Å². The molecule has 0 unspecified atom stereocenters. The summed E-state index contributed by atoms with van der Waals surface area (Å²) in [5, 5.41) is 5.84. The minimum absolute atomic E-state index is 0.243. The van der Waals surface area contributed by atoms with Gasteiger partial charge in [-0.1, -0.05) is 48.5 Å². The largest absolute Gasteiger partial charge is 0.338 e. The van der Waals surface area contributed by atoms with Gasteiger partial charge in [-0.25, -0.2) is 9.97 Å². The first-order valence-corrected chi connectivity index (χ1v) is 13.4. The number of H-pyrrole nitrogens is 2. The van der Waals surface area contributed by atoms with Crippen molar-refractivity contribution in [3.63, 3.8) is 0 Å². The second-order valence-electron chi connectivity index (χ2n) is 9.85. The Balaban J connectivity index is 1.02. The molecule has 0 aliphatic carbocycles. The van der Waals surface area contributed by atoms with Gasteiger partial charge in [0.2, 0.25) is 0 Å². The Morgan fingerprint density at radius 1 is 0.500 bits per heavy atom. The number of carbonyl (C=O) groups excluding carboxylic acids is 2. The van der Waals surface area contributed by atoms with Crippen LogP contribution in [0.3, 0.4) is 0 Å². The standard InChI is InChI=1S/C34H24N6O2/c41-33(23-9-5-7-21(19-23)31-37-27-11-1-2-12-28(27)38-31)35-25-15-17-26(18-16-25)36-34(42)24-10-6-8-22(20-24)32-39-29-13-3-4-14-30(29)40-32/h1-20H,(H,35,41)(H,36,42)(H,37,38)(H,39,40). The van der Waals surface area contributed by atoms with E-state index in [1.165, 1.54) is 0 Å². The van der Waals surface area contributed by atoms with Gasteiger partial charge in [0.25, 0.3) is 11.8 Å². The zero-order valence-electron chi connectivity index (χ0n) is 22.3. The SMILES string of the molecule is O=C(Nc1ccc(NC(=O)c2cccc(-c3nc4ccccc4[nH]3)c2)cc1)c1cccc(-c2nc3ccccc3[nH]2)c1. The van der Waals surface area contributed by atoms with E-state index in [0.29, 0.717) is 34.2 Å². The highest BCUT2D eigenvalue weighted by atomic mass is 16.2. The van der Waals surface area contributed by atoms with Crippen molar-refractivity contribution in [2.75, 3.05) is 10.6 Å². The van der Waals surface area contributed by atoms with Crippen LogP contribution in [-0.2, 0) is 0 Å². The van der Waals surface area contributed by atoms with E-state index in [0.717, 1.165) is 33.2 Å². The highest BCUT2D eigenvalue weighted by molar-refractivity contribution is 6.06. The summed E-state index contributed by atoms with van der Waals surface area (Å²) in [7, 11) is 0. The van der Waals surface area contributed by atoms with Crippen LogP contribution in [0.5, 0.6) is 0 Å². The number of imidazole rings is 2. The molecule has 7 rings (SSSR count). The van der Waals surface area contributed by atoms with Crippen molar-refractivity contribution in [3.8, 4) is 22.8 Å². The Kier molecular flexibility index (Phi) is 6.25. The number of nitrogens with zero attached hydrogens (tertiary/aromatic N) is 2. The Morgan fingerprint density at radius 3 is 1.36 bits per heavy atom. The molecule has 0 spiro atoms. The molecule has 202 valence electrons. The van der Waals surface area contributed by atoms with Crippen LogP contribution in [0.4, 0.5) is 11.4 Å². The molecule has 0 aliphatic heterocycles. The molecule has 2 amide bonds. The van der Waals surface area contributed by atoms with Gasteiger partial charge in [-0.3, -0.25) is 9.59 Å². The molecule has 0 fully saturated rings. The van der Waals surface area contributed by atoms with Crippen molar-refractivity contribution in [1.29, 1.82) is 0 Å². The molecule has 8 nitrogen and oxygen atoms in total. The van der Waals surface area contributed by atoms with Gasteiger partial charge in [-0.05, 0) is 72.8 Å². The van der Waals surface area contributed by atoms with Gasteiger partial charge in [0.1, 0.15) is 11.6 Å².